The van der Waals surface area contributed by atoms with Gasteiger partial charge in [-0.25, -0.2) is 9.36 Å². The summed E-state index contributed by atoms with van der Waals surface area (Å²) in [5.41, 5.74) is 6.05. The molecule has 0 saturated carbocycles. The summed E-state index contributed by atoms with van der Waals surface area (Å²) in [7, 11) is 1.73. The molecule has 1 aromatic rings. The first-order valence-electron chi connectivity index (χ1n) is 3.57. The number of nitrogen functional groups attached to an aromatic ring is 1. The van der Waals surface area contributed by atoms with E-state index in [2.05, 4.69) is 0 Å². The molecule has 2 N–H and O–H groups in total. The highest BCUT2D eigenvalue weighted by Gasteiger charge is 2.18. The molecule has 0 spiro atoms. The molecule has 0 fully saturated rings. The third-order valence-electron chi connectivity index (χ3n) is 1.47. The number of carbonyl (C=O) groups excluding carboxylic acids is 1. The van der Waals surface area contributed by atoms with Gasteiger partial charge in [-0.3, -0.25) is 5.73 Å². The molecule has 1 heterocycles. The van der Waals surface area contributed by atoms with E-state index in [0.717, 1.165) is 0 Å². The number of anilines is 1. The van der Waals surface area contributed by atoms with Gasteiger partial charge in [0.25, 0.3) is 0 Å². The van der Waals surface area contributed by atoms with Crippen LogP contribution in [0.25, 0.3) is 0 Å². The molecule has 13 heavy (non-hydrogen) atoms. The fourth-order valence-corrected chi connectivity index (χ4v) is 1.53. The normalized spacial score (nSPS) is 9.08. The minimum absolute atomic E-state index is 0. The number of aromatic nitrogens is 1. The van der Waals surface area contributed by atoms with Crippen LogP contribution in [0.4, 0.5) is 5.13 Å². The van der Waals surface area contributed by atoms with Crippen molar-refractivity contribution in [2.75, 3.05) is 12.3 Å². The van der Waals surface area contributed by atoms with E-state index in [-0.39, 0.29) is 23.0 Å². The number of nitrogens with zero attached hydrogens (tertiary/aromatic N) is 1. The van der Waals surface area contributed by atoms with Crippen LogP contribution in [0, 0.1) is 0 Å². The molecular weight excluding hydrogens is 256 g/mol. The van der Waals surface area contributed by atoms with Gasteiger partial charge in [-0.15, -0.1) is 0 Å². The van der Waals surface area contributed by atoms with Gasteiger partial charge in [0, 0.05) is 0 Å². The average Bonchev–Trinajstić information content (AvgIpc) is 2.34. The van der Waals surface area contributed by atoms with E-state index in [1.54, 1.807) is 23.9 Å². The SMILES string of the molecule is CCOC(=O)c1csc(N)[n+]1C.[Br-]. The molecule has 0 unspecified atom stereocenters. The van der Waals surface area contributed by atoms with Gasteiger partial charge in [-0.1, -0.05) is 11.3 Å². The first-order chi connectivity index (χ1) is 5.66. The zero-order chi connectivity index (χ0) is 9.14. The van der Waals surface area contributed by atoms with Gasteiger partial charge < -0.3 is 21.7 Å². The van der Waals surface area contributed by atoms with Crippen LogP contribution in [-0.2, 0) is 11.8 Å². The maximum Gasteiger partial charge on any atom is 0.379 e. The van der Waals surface area contributed by atoms with Gasteiger partial charge in [-0.05, 0) is 6.92 Å². The minimum Gasteiger partial charge on any atom is -1.00 e. The molecule has 0 aliphatic carbocycles. The summed E-state index contributed by atoms with van der Waals surface area (Å²) >= 11 is 1.33. The number of halogens is 1. The summed E-state index contributed by atoms with van der Waals surface area (Å²) in [5.74, 6) is -0.326. The summed E-state index contributed by atoms with van der Waals surface area (Å²) in [6.45, 7) is 2.15. The molecule has 74 valence electrons. The largest absolute Gasteiger partial charge is 1.00 e. The highest BCUT2D eigenvalue weighted by atomic mass is 79.9. The maximum absolute atomic E-state index is 11.2. The highest BCUT2D eigenvalue weighted by molar-refractivity contribution is 7.13. The Morgan fingerprint density at radius 3 is 2.77 bits per heavy atom. The van der Waals surface area contributed by atoms with E-state index < -0.39 is 0 Å². The monoisotopic (exact) mass is 266 g/mol. The second-order valence-corrected chi connectivity index (χ2v) is 3.13. The zero-order valence-corrected chi connectivity index (χ0v) is 9.81. The molecule has 6 heteroatoms. The Balaban J connectivity index is 0.00000144. The van der Waals surface area contributed by atoms with E-state index in [0.29, 0.717) is 17.4 Å². The van der Waals surface area contributed by atoms with Gasteiger partial charge >= 0.3 is 11.1 Å². The number of carbonyl (C=O) groups is 1. The van der Waals surface area contributed by atoms with Crippen molar-refractivity contribution >= 4 is 22.4 Å². The van der Waals surface area contributed by atoms with Crippen LogP contribution in [0.2, 0.25) is 0 Å². The summed E-state index contributed by atoms with van der Waals surface area (Å²) in [6.07, 6.45) is 0. The van der Waals surface area contributed by atoms with E-state index >= 15 is 0 Å². The third kappa shape index (κ3) is 2.67. The van der Waals surface area contributed by atoms with Crippen molar-refractivity contribution in [1.29, 1.82) is 0 Å². The first kappa shape index (κ1) is 12.4. The van der Waals surface area contributed by atoms with E-state index in [9.17, 15) is 4.79 Å². The van der Waals surface area contributed by atoms with Crippen LogP contribution < -0.4 is 27.3 Å². The van der Waals surface area contributed by atoms with E-state index in [1.165, 1.54) is 11.3 Å². The fourth-order valence-electron chi connectivity index (χ4n) is 0.783. The van der Waals surface area contributed by atoms with Crippen LogP contribution >= 0.6 is 11.3 Å². The lowest BCUT2D eigenvalue weighted by Gasteiger charge is -1.97. The van der Waals surface area contributed by atoms with Gasteiger partial charge in [-0.2, -0.15) is 0 Å². The number of ether oxygens (including phenoxy) is 1. The van der Waals surface area contributed by atoms with Crippen LogP contribution in [0.1, 0.15) is 17.4 Å². The molecular formula is C7H11BrN2O2S. The maximum atomic E-state index is 11.2. The number of rotatable bonds is 2. The zero-order valence-electron chi connectivity index (χ0n) is 7.41. The second kappa shape index (κ2) is 5.18. The van der Waals surface area contributed by atoms with Gasteiger partial charge in [0.2, 0.25) is 5.69 Å². The molecule has 0 bridgehead atoms. The van der Waals surface area contributed by atoms with Crippen LogP contribution in [0.3, 0.4) is 0 Å². The summed E-state index contributed by atoms with van der Waals surface area (Å²) in [4.78, 5) is 11.2. The Hall–Kier alpha value is -0.620. The molecule has 4 nitrogen and oxygen atoms in total. The topological polar surface area (TPSA) is 56.2 Å². The van der Waals surface area contributed by atoms with E-state index in [1.807, 2.05) is 0 Å². The van der Waals surface area contributed by atoms with Crippen molar-refractivity contribution in [2.24, 2.45) is 7.05 Å². The van der Waals surface area contributed by atoms with Gasteiger partial charge in [0.1, 0.15) is 0 Å². The summed E-state index contributed by atoms with van der Waals surface area (Å²) in [6, 6.07) is 0. The Morgan fingerprint density at radius 1 is 1.77 bits per heavy atom. The molecule has 0 amide bonds. The average molecular weight is 267 g/mol. The molecule has 0 saturated heterocycles. The lowest BCUT2D eigenvalue weighted by atomic mass is 10.5. The third-order valence-corrected chi connectivity index (χ3v) is 2.32. The van der Waals surface area contributed by atoms with Crippen molar-refractivity contribution < 1.29 is 31.1 Å². The predicted molar refractivity (Wildman–Crippen MR) is 45.9 cm³/mol. The molecule has 0 radical (unpaired) electrons. The molecule has 1 rings (SSSR count). The van der Waals surface area contributed by atoms with Crippen molar-refractivity contribution in [3.8, 4) is 0 Å². The smallest absolute Gasteiger partial charge is 0.379 e. The van der Waals surface area contributed by atoms with Crippen LogP contribution in [-0.4, -0.2) is 12.6 Å². The van der Waals surface area contributed by atoms with Crippen LogP contribution in [0.15, 0.2) is 5.38 Å². The van der Waals surface area contributed by atoms with Crippen molar-refractivity contribution in [1.82, 2.24) is 0 Å². The number of hydrogen-bond donors (Lipinski definition) is 1. The second-order valence-electron chi connectivity index (χ2n) is 2.24. The number of esters is 1. The standard InChI is InChI=1S/C7H10N2O2S.BrH/c1-3-11-6(10)5-4-12-7(8)9(5)2;/h4,8H,3H2,1-2H3;1H. The van der Waals surface area contributed by atoms with Crippen molar-refractivity contribution in [3.63, 3.8) is 0 Å². The van der Waals surface area contributed by atoms with E-state index in [4.69, 9.17) is 10.5 Å². The quantitative estimate of drug-likeness (QED) is 0.470. The molecule has 1 aromatic heterocycles. The molecule has 0 atom stereocenters. The summed E-state index contributed by atoms with van der Waals surface area (Å²) < 4.78 is 6.43. The minimum atomic E-state index is -0.326. The van der Waals surface area contributed by atoms with Crippen molar-refractivity contribution in [2.45, 2.75) is 6.92 Å². The highest BCUT2D eigenvalue weighted by Crippen LogP contribution is 2.08. The number of thiazole rings is 1. The Bertz CT molecular complexity index is 301. The molecule has 0 aliphatic rings. The van der Waals surface area contributed by atoms with Gasteiger partial charge in [0.15, 0.2) is 0 Å². The Morgan fingerprint density at radius 2 is 2.38 bits per heavy atom. The fraction of sp³-hybridized carbons (Fsp3) is 0.429. The molecule has 0 aliphatic heterocycles. The Labute approximate surface area is 91.1 Å². The summed E-state index contributed by atoms with van der Waals surface area (Å²) in [5, 5.41) is 2.28. The lowest BCUT2D eigenvalue weighted by Crippen LogP contribution is -3.00. The number of hydrogen-bond acceptors (Lipinski definition) is 4. The first-order valence-corrected chi connectivity index (χ1v) is 4.45. The molecule has 0 aromatic carbocycles. The lowest BCUT2D eigenvalue weighted by molar-refractivity contribution is -0.655. The predicted octanol–water partition coefficient (Wildman–Crippen LogP) is -2.66. The van der Waals surface area contributed by atoms with Crippen molar-refractivity contribution in [3.05, 3.63) is 11.1 Å². The van der Waals surface area contributed by atoms with Crippen LogP contribution in [0.5, 0.6) is 0 Å². The number of nitrogens with two attached hydrogens (primary N) is 1. The Kier molecular flexibility index (Phi) is 4.94. The van der Waals surface area contributed by atoms with Gasteiger partial charge in [0.05, 0.1) is 19.0 Å².